The van der Waals surface area contributed by atoms with E-state index >= 15 is 0 Å². The molecule has 0 saturated heterocycles. The van der Waals surface area contributed by atoms with Crippen molar-refractivity contribution in [2.45, 2.75) is 0 Å². The van der Waals surface area contributed by atoms with Gasteiger partial charge < -0.3 is 9.97 Å². The Balaban J connectivity index is 1.88. The lowest BCUT2D eigenvalue weighted by molar-refractivity contribution is 0.104. The molecule has 0 spiro atoms. The summed E-state index contributed by atoms with van der Waals surface area (Å²) in [6, 6.07) is 14.7. The standard InChI is InChI=1S/C16H12N2O2/c19-15(9-6-11-4-2-1-3-5-11)12-7-8-13-14(10-12)18-16(20)17-13/h1-10H,(H2,17,18,20). The fourth-order valence-corrected chi connectivity index (χ4v) is 2.02. The number of H-pyrrole nitrogens is 2. The zero-order chi connectivity index (χ0) is 13.9. The molecule has 0 fully saturated rings. The number of ketones is 1. The molecule has 0 aliphatic rings. The maximum atomic E-state index is 12.1. The van der Waals surface area contributed by atoms with Gasteiger partial charge in [-0.1, -0.05) is 36.4 Å². The van der Waals surface area contributed by atoms with Crippen molar-refractivity contribution >= 4 is 22.9 Å². The fraction of sp³-hybridized carbons (Fsp3) is 0. The van der Waals surface area contributed by atoms with Crippen LogP contribution >= 0.6 is 0 Å². The zero-order valence-corrected chi connectivity index (χ0v) is 10.6. The number of allylic oxidation sites excluding steroid dienone is 1. The van der Waals surface area contributed by atoms with Crippen LogP contribution in [0.4, 0.5) is 0 Å². The predicted octanol–water partition coefficient (Wildman–Crippen LogP) is 2.75. The Morgan fingerprint density at radius 2 is 1.70 bits per heavy atom. The molecule has 1 aromatic heterocycles. The van der Waals surface area contributed by atoms with E-state index in [0.717, 1.165) is 5.56 Å². The number of benzene rings is 2. The molecule has 1 heterocycles. The third kappa shape index (κ3) is 2.44. The van der Waals surface area contributed by atoms with E-state index in [1.54, 1.807) is 24.3 Å². The molecule has 3 aromatic rings. The first kappa shape index (κ1) is 12.2. The number of carbonyl (C=O) groups excluding carboxylic acids is 1. The Hall–Kier alpha value is -2.88. The van der Waals surface area contributed by atoms with Crippen molar-refractivity contribution in [1.82, 2.24) is 9.97 Å². The number of hydrogen-bond donors (Lipinski definition) is 2. The molecular formula is C16H12N2O2. The van der Waals surface area contributed by atoms with Crippen molar-refractivity contribution < 1.29 is 4.79 Å². The summed E-state index contributed by atoms with van der Waals surface area (Å²) in [6.07, 6.45) is 3.30. The SMILES string of the molecule is O=C(C=Cc1ccccc1)c1ccc2[nH]c(=O)[nH]c2c1. The Labute approximate surface area is 114 Å². The quantitative estimate of drug-likeness (QED) is 0.564. The van der Waals surface area contributed by atoms with E-state index < -0.39 is 0 Å². The molecule has 3 rings (SSSR count). The highest BCUT2D eigenvalue weighted by Crippen LogP contribution is 2.12. The first-order valence-corrected chi connectivity index (χ1v) is 6.22. The molecule has 4 heteroatoms. The second-order valence-corrected chi connectivity index (χ2v) is 4.45. The molecule has 4 nitrogen and oxygen atoms in total. The Bertz CT molecular complexity index is 842. The third-order valence-electron chi connectivity index (χ3n) is 3.03. The topological polar surface area (TPSA) is 65.7 Å². The summed E-state index contributed by atoms with van der Waals surface area (Å²) < 4.78 is 0. The van der Waals surface area contributed by atoms with Crippen molar-refractivity contribution in [3.05, 3.63) is 76.2 Å². The highest BCUT2D eigenvalue weighted by molar-refractivity contribution is 6.08. The zero-order valence-electron chi connectivity index (χ0n) is 10.6. The minimum absolute atomic E-state index is 0.0993. The van der Waals surface area contributed by atoms with Crippen LogP contribution in [-0.4, -0.2) is 15.8 Å². The Morgan fingerprint density at radius 3 is 2.50 bits per heavy atom. The molecule has 0 amide bonds. The minimum Gasteiger partial charge on any atom is -0.306 e. The molecule has 98 valence electrons. The van der Waals surface area contributed by atoms with E-state index in [4.69, 9.17) is 0 Å². The van der Waals surface area contributed by atoms with Crippen molar-refractivity contribution in [1.29, 1.82) is 0 Å². The molecule has 20 heavy (non-hydrogen) atoms. The van der Waals surface area contributed by atoms with Crippen LogP contribution in [0.1, 0.15) is 15.9 Å². The summed E-state index contributed by atoms with van der Waals surface area (Å²) >= 11 is 0. The normalized spacial score (nSPS) is 11.2. The number of aromatic amines is 2. The van der Waals surface area contributed by atoms with Gasteiger partial charge in [0.05, 0.1) is 11.0 Å². The first-order chi connectivity index (χ1) is 9.72. The van der Waals surface area contributed by atoms with E-state index in [-0.39, 0.29) is 11.5 Å². The van der Waals surface area contributed by atoms with Crippen LogP contribution in [0.2, 0.25) is 0 Å². The molecule has 0 radical (unpaired) electrons. The van der Waals surface area contributed by atoms with E-state index in [1.165, 1.54) is 6.08 Å². The number of nitrogens with one attached hydrogen (secondary N) is 2. The number of imidazole rings is 1. The average molecular weight is 264 g/mol. The van der Waals surface area contributed by atoms with Gasteiger partial charge in [0, 0.05) is 5.56 Å². The molecule has 0 aliphatic carbocycles. The largest absolute Gasteiger partial charge is 0.323 e. The number of fused-ring (bicyclic) bond motifs is 1. The van der Waals surface area contributed by atoms with Crippen molar-refractivity contribution in [3.63, 3.8) is 0 Å². The van der Waals surface area contributed by atoms with Gasteiger partial charge in [-0.3, -0.25) is 4.79 Å². The molecule has 2 aromatic carbocycles. The van der Waals surface area contributed by atoms with Crippen LogP contribution in [0.15, 0.2) is 59.4 Å². The first-order valence-electron chi connectivity index (χ1n) is 6.22. The van der Waals surface area contributed by atoms with Gasteiger partial charge in [-0.15, -0.1) is 0 Å². The monoisotopic (exact) mass is 264 g/mol. The van der Waals surface area contributed by atoms with E-state index in [0.29, 0.717) is 16.6 Å². The maximum absolute atomic E-state index is 12.1. The summed E-state index contributed by atoms with van der Waals surface area (Å²) in [5, 5.41) is 0. The van der Waals surface area contributed by atoms with Gasteiger partial charge in [-0.05, 0) is 29.8 Å². The predicted molar refractivity (Wildman–Crippen MR) is 78.7 cm³/mol. The van der Waals surface area contributed by atoms with E-state index in [1.807, 2.05) is 30.3 Å². The molecule has 2 N–H and O–H groups in total. The summed E-state index contributed by atoms with van der Waals surface area (Å²) in [6.45, 7) is 0. The highest BCUT2D eigenvalue weighted by atomic mass is 16.1. The summed E-state index contributed by atoms with van der Waals surface area (Å²) in [7, 11) is 0. The number of hydrogen-bond acceptors (Lipinski definition) is 2. The Morgan fingerprint density at radius 1 is 0.950 bits per heavy atom. The summed E-state index contributed by atoms with van der Waals surface area (Å²) in [4.78, 5) is 28.5. The van der Waals surface area contributed by atoms with Crippen molar-refractivity contribution in [3.8, 4) is 0 Å². The highest BCUT2D eigenvalue weighted by Gasteiger charge is 2.04. The van der Waals surface area contributed by atoms with E-state index in [2.05, 4.69) is 9.97 Å². The average Bonchev–Trinajstić information content (AvgIpc) is 2.85. The number of carbonyl (C=O) groups is 1. The van der Waals surface area contributed by atoms with Gasteiger partial charge in [-0.2, -0.15) is 0 Å². The van der Waals surface area contributed by atoms with Gasteiger partial charge in [0.15, 0.2) is 5.78 Å². The number of rotatable bonds is 3. The second kappa shape index (κ2) is 5.01. The van der Waals surface area contributed by atoms with Gasteiger partial charge >= 0.3 is 5.69 Å². The maximum Gasteiger partial charge on any atom is 0.323 e. The Kier molecular flexibility index (Phi) is 3.05. The van der Waals surface area contributed by atoms with Gasteiger partial charge in [0.25, 0.3) is 0 Å². The van der Waals surface area contributed by atoms with Crippen LogP contribution in [0.25, 0.3) is 17.1 Å². The second-order valence-electron chi connectivity index (χ2n) is 4.45. The van der Waals surface area contributed by atoms with Gasteiger partial charge in [0.2, 0.25) is 0 Å². The van der Waals surface area contributed by atoms with Crippen molar-refractivity contribution in [2.24, 2.45) is 0 Å². The lowest BCUT2D eigenvalue weighted by Gasteiger charge is -1.96. The summed E-state index contributed by atoms with van der Waals surface area (Å²) in [5.74, 6) is -0.0993. The molecule has 0 unspecified atom stereocenters. The van der Waals surface area contributed by atoms with Crippen LogP contribution in [0.3, 0.4) is 0 Å². The van der Waals surface area contributed by atoms with Crippen LogP contribution < -0.4 is 5.69 Å². The molecule has 0 bridgehead atoms. The van der Waals surface area contributed by atoms with Crippen LogP contribution in [-0.2, 0) is 0 Å². The van der Waals surface area contributed by atoms with Gasteiger partial charge in [-0.25, -0.2) is 4.79 Å². The fourth-order valence-electron chi connectivity index (χ4n) is 2.02. The van der Waals surface area contributed by atoms with Gasteiger partial charge in [0.1, 0.15) is 0 Å². The minimum atomic E-state index is -0.274. The summed E-state index contributed by atoms with van der Waals surface area (Å²) in [5.41, 5.74) is 2.56. The van der Waals surface area contributed by atoms with Crippen molar-refractivity contribution in [2.75, 3.05) is 0 Å². The molecule has 0 aliphatic heterocycles. The van der Waals surface area contributed by atoms with E-state index in [9.17, 15) is 9.59 Å². The third-order valence-corrected chi connectivity index (χ3v) is 3.03. The molecule has 0 saturated carbocycles. The molecule has 0 atom stereocenters. The lowest BCUT2D eigenvalue weighted by atomic mass is 10.1. The smallest absolute Gasteiger partial charge is 0.306 e. The van der Waals surface area contributed by atoms with Crippen LogP contribution in [0.5, 0.6) is 0 Å². The molecular weight excluding hydrogens is 252 g/mol. The lowest BCUT2D eigenvalue weighted by Crippen LogP contribution is -1.99. The van der Waals surface area contributed by atoms with Crippen LogP contribution in [0, 0.1) is 0 Å². The number of aromatic nitrogens is 2.